The number of nitriles is 1. The van der Waals surface area contributed by atoms with Crippen LogP contribution in [0.5, 0.6) is 0 Å². The Balaban J connectivity index is 1.85. The zero-order valence-corrected chi connectivity index (χ0v) is 14.8. The first kappa shape index (κ1) is 17.1. The molecule has 2 aromatic rings. The molecule has 0 saturated carbocycles. The van der Waals surface area contributed by atoms with Gasteiger partial charge in [0.05, 0.1) is 16.5 Å². The first-order valence-corrected chi connectivity index (χ1v) is 8.84. The Kier molecular flexibility index (Phi) is 5.05. The Labute approximate surface area is 150 Å². The zero-order valence-electron chi connectivity index (χ0n) is 14.0. The molecular weight excluding hydrogens is 334 g/mol. The number of rotatable bonds is 4. The molecule has 1 aliphatic rings. The van der Waals surface area contributed by atoms with Gasteiger partial charge in [-0.25, -0.2) is 0 Å². The van der Waals surface area contributed by atoms with E-state index in [4.69, 9.17) is 9.68 Å². The van der Waals surface area contributed by atoms with E-state index in [1.807, 2.05) is 38.1 Å². The number of carbonyl (C=O) groups excluding carboxylic acids is 1. The van der Waals surface area contributed by atoms with Crippen LogP contribution in [0.4, 0.5) is 0 Å². The Morgan fingerprint density at radius 2 is 2.00 bits per heavy atom. The highest BCUT2D eigenvalue weighted by Crippen LogP contribution is 2.33. The molecule has 25 heavy (non-hydrogen) atoms. The quantitative estimate of drug-likeness (QED) is 0.777. The lowest BCUT2D eigenvalue weighted by Crippen LogP contribution is -2.28. The molecule has 1 fully saturated rings. The molecule has 1 saturated heterocycles. The molecule has 2 heterocycles. The van der Waals surface area contributed by atoms with Gasteiger partial charge in [-0.15, -0.1) is 0 Å². The van der Waals surface area contributed by atoms with E-state index < -0.39 is 0 Å². The molecule has 0 N–H and O–H groups in total. The van der Waals surface area contributed by atoms with Crippen LogP contribution in [0.15, 0.2) is 50.7 Å². The van der Waals surface area contributed by atoms with Crippen LogP contribution in [0.3, 0.4) is 0 Å². The molecule has 0 radical (unpaired) electrons. The number of amides is 1. The van der Waals surface area contributed by atoms with E-state index in [9.17, 15) is 4.79 Å². The highest BCUT2D eigenvalue weighted by Gasteiger charge is 2.32. The third kappa shape index (κ3) is 3.52. The second kappa shape index (κ2) is 7.41. The van der Waals surface area contributed by atoms with Gasteiger partial charge in [0.25, 0.3) is 5.91 Å². The van der Waals surface area contributed by atoms with Crippen LogP contribution in [0.1, 0.15) is 25.2 Å². The number of hydrogen-bond acceptors (Lipinski definition) is 5. The number of benzene rings is 1. The molecule has 126 valence electrons. The first-order valence-electron chi connectivity index (χ1n) is 8.02. The zero-order chi connectivity index (χ0) is 17.8. The van der Waals surface area contributed by atoms with Crippen molar-refractivity contribution in [2.24, 2.45) is 4.99 Å². The van der Waals surface area contributed by atoms with Crippen molar-refractivity contribution in [2.75, 3.05) is 13.1 Å². The fourth-order valence-electron chi connectivity index (χ4n) is 2.46. The van der Waals surface area contributed by atoms with E-state index in [0.717, 1.165) is 10.7 Å². The molecule has 0 aliphatic carbocycles. The van der Waals surface area contributed by atoms with Gasteiger partial charge in [0.2, 0.25) is 0 Å². The van der Waals surface area contributed by atoms with Crippen molar-refractivity contribution in [1.82, 2.24) is 4.90 Å². The van der Waals surface area contributed by atoms with Crippen LogP contribution < -0.4 is 0 Å². The SMILES string of the molecule is CCN=C1S/C(=C/c2ccc(-c3ccc(C#N)cc3)o2)C(=O)N1CC. The normalized spacial score (nSPS) is 17.5. The number of aliphatic imine (C=N–C) groups is 1. The molecule has 1 aliphatic heterocycles. The van der Waals surface area contributed by atoms with Crippen LogP contribution in [0, 0.1) is 11.3 Å². The molecule has 0 unspecified atom stereocenters. The molecule has 3 rings (SSSR count). The summed E-state index contributed by atoms with van der Waals surface area (Å²) in [6.07, 6.45) is 1.75. The van der Waals surface area contributed by atoms with Crippen molar-refractivity contribution < 1.29 is 9.21 Å². The van der Waals surface area contributed by atoms with Crippen molar-refractivity contribution in [3.8, 4) is 17.4 Å². The topological polar surface area (TPSA) is 69.6 Å². The van der Waals surface area contributed by atoms with Crippen LogP contribution in [0.2, 0.25) is 0 Å². The van der Waals surface area contributed by atoms with Crippen molar-refractivity contribution >= 4 is 28.9 Å². The van der Waals surface area contributed by atoms with Gasteiger partial charge in [0.1, 0.15) is 11.5 Å². The molecule has 1 aromatic carbocycles. The third-order valence-corrected chi connectivity index (χ3v) is 4.74. The van der Waals surface area contributed by atoms with Gasteiger partial charge >= 0.3 is 0 Å². The van der Waals surface area contributed by atoms with Gasteiger partial charge in [0.15, 0.2) is 5.17 Å². The highest BCUT2D eigenvalue weighted by molar-refractivity contribution is 8.18. The molecule has 1 aromatic heterocycles. The van der Waals surface area contributed by atoms with Crippen LogP contribution in [-0.2, 0) is 4.79 Å². The maximum Gasteiger partial charge on any atom is 0.266 e. The van der Waals surface area contributed by atoms with E-state index in [-0.39, 0.29) is 5.91 Å². The smallest absolute Gasteiger partial charge is 0.266 e. The second-order valence-electron chi connectivity index (χ2n) is 5.31. The van der Waals surface area contributed by atoms with Gasteiger partial charge in [-0.3, -0.25) is 14.7 Å². The minimum absolute atomic E-state index is 0.0453. The molecule has 6 heteroatoms. The average Bonchev–Trinajstić information content (AvgIpc) is 3.21. The van der Waals surface area contributed by atoms with Crippen molar-refractivity contribution in [3.63, 3.8) is 0 Å². The molecule has 0 spiro atoms. The van der Waals surface area contributed by atoms with E-state index in [1.54, 1.807) is 23.1 Å². The summed E-state index contributed by atoms with van der Waals surface area (Å²) < 4.78 is 5.83. The lowest BCUT2D eigenvalue weighted by atomic mass is 10.1. The fourth-order valence-corrected chi connectivity index (χ4v) is 3.55. The third-order valence-electron chi connectivity index (χ3n) is 3.70. The Bertz CT molecular complexity index is 888. The van der Waals surface area contributed by atoms with E-state index >= 15 is 0 Å². The van der Waals surface area contributed by atoms with Crippen molar-refractivity contribution in [3.05, 3.63) is 52.6 Å². The lowest BCUT2D eigenvalue weighted by Gasteiger charge is -2.11. The largest absolute Gasteiger partial charge is 0.457 e. The summed E-state index contributed by atoms with van der Waals surface area (Å²) in [4.78, 5) is 19.1. The second-order valence-corrected chi connectivity index (χ2v) is 6.32. The van der Waals surface area contributed by atoms with Crippen LogP contribution >= 0.6 is 11.8 Å². The van der Waals surface area contributed by atoms with Crippen molar-refractivity contribution in [1.29, 1.82) is 5.26 Å². The van der Waals surface area contributed by atoms with Crippen molar-refractivity contribution in [2.45, 2.75) is 13.8 Å². The summed E-state index contributed by atoms with van der Waals surface area (Å²) >= 11 is 1.37. The number of carbonyl (C=O) groups is 1. The molecule has 5 nitrogen and oxygen atoms in total. The fraction of sp³-hybridized carbons (Fsp3) is 0.211. The number of likely N-dealkylation sites (N-methyl/N-ethyl adjacent to an activating group) is 1. The van der Waals surface area contributed by atoms with Gasteiger partial charge in [-0.05, 0) is 62.0 Å². The molecule has 0 atom stereocenters. The Hall–Kier alpha value is -2.78. The van der Waals surface area contributed by atoms with E-state index in [1.165, 1.54) is 11.8 Å². The summed E-state index contributed by atoms with van der Waals surface area (Å²) in [6, 6.07) is 13.0. The highest BCUT2D eigenvalue weighted by atomic mass is 32.2. The predicted molar refractivity (Wildman–Crippen MR) is 99.8 cm³/mol. The summed E-state index contributed by atoms with van der Waals surface area (Å²) in [6.45, 7) is 5.12. The van der Waals surface area contributed by atoms with E-state index in [2.05, 4.69) is 11.1 Å². The number of hydrogen-bond donors (Lipinski definition) is 0. The van der Waals surface area contributed by atoms with Crippen LogP contribution in [-0.4, -0.2) is 29.1 Å². The van der Waals surface area contributed by atoms with Crippen LogP contribution in [0.25, 0.3) is 17.4 Å². The Morgan fingerprint density at radius 3 is 2.64 bits per heavy atom. The van der Waals surface area contributed by atoms with Gasteiger partial charge in [-0.2, -0.15) is 5.26 Å². The van der Waals surface area contributed by atoms with Gasteiger partial charge < -0.3 is 4.42 Å². The summed E-state index contributed by atoms with van der Waals surface area (Å²) in [5, 5.41) is 9.60. The Morgan fingerprint density at radius 1 is 1.24 bits per heavy atom. The number of nitrogens with zero attached hydrogens (tertiary/aromatic N) is 3. The molecular formula is C19H17N3O2S. The maximum atomic E-state index is 12.5. The molecule has 1 amide bonds. The number of thioether (sulfide) groups is 1. The summed E-state index contributed by atoms with van der Waals surface area (Å²) in [5.41, 5.74) is 1.49. The minimum Gasteiger partial charge on any atom is -0.457 e. The van der Waals surface area contributed by atoms with E-state index in [0.29, 0.717) is 35.1 Å². The average molecular weight is 351 g/mol. The monoisotopic (exact) mass is 351 g/mol. The standard InChI is InChI=1S/C19H17N3O2S/c1-3-21-19-22(4-2)18(23)17(25-19)11-15-9-10-16(24-15)14-7-5-13(12-20)6-8-14/h5-11H,3-4H2,1-2H3/b17-11+,21-19?. The number of amidine groups is 1. The summed E-state index contributed by atoms with van der Waals surface area (Å²) in [5.74, 6) is 1.27. The lowest BCUT2D eigenvalue weighted by molar-refractivity contribution is -0.122. The minimum atomic E-state index is -0.0453. The first-order chi connectivity index (χ1) is 12.2. The van der Waals surface area contributed by atoms with Gasteiger partial charge in [-0.1, -0.05) is 0 Å². The predicted octanol–water partition coefficient (Wildman–Crippen LogP) is 4.13. The summed E-state index contributed by atoms with van der Waals surface area (Å²) in [7, 11) is 0. The number of furan rings is 1. The maximum absolute atomic E-state index is 12.5. The molecule has 0 bridgehead atoms. The van der Waals surface area contributed by atoms with Gasteiger partial charge in [0, 0.05) is 24.7 Å².